The summed E-state index contributed by atoms with van der Waals surface area (Å²) in [6.45, 7) is 11.3. The van der Waals surface area contributed by atoms with Crippen LogP contribution in [0.1, 0.15) is 104 Å². The lowest BCUT2D eigenvalue weighted by atomic mass is 9.70. The van der Waals surface area contributed by atoms with Gasteiger partial charge in [-0.05, 0) is 148 Å². The van der Waals surface area contributed by atoms with Crippen molar-refractivity contribution in [3.05, 3.63) is 57.0 Å². The Bertz CT molecular complexity index is 1610. The van der Waals surface area contributed by atoms with E-state index in [9.17, 15) is 14.9 Å². The third-order valence-corrected chi connectivity index (χ3v) is 11.2. The molecule has 2 unspecified atom stereocenters. The smallest absolute Gasteiger partial charge is 0.410 e. The van der Waals surface area contributed by atoms with E-state index in [0.29, 0.717) is 17.8 Å². The first-order valence-corrected chi connectivity index (χ1v) is 18.8. The number of pyridine rings is 2. The van der Waals surface area contributed by atoms with E-state index in [2.05, 4.69) is 47.9 Å². The monoisotopic (exact) mass is 816 g/mol. The molecule has 4 saturated heterocycles. The van der Waals surface area contributed by atoms with E-state index in [4.69, 9.17) is 27.4 Å². The minimum atomic E-state index is -0.582. The quantitative estimate of drug-likeness (QED) is 0.305. The van der Waals surface area contributed by atoms with Gasteiger partial charge in [0.25, 0.3) is 0 Å². The minimum absolute atomic E-state index is 0.0530. The van der Waals surface area contributed by atoms with Crippen LogP contribution in [0.3, 0.4) is 0 Å². The number of nitriles is 1. The molecule has 0 spiro atoms. The van der Waals surface area contributed by atoms with Crippen molar-refractivity contribution < 1.29 is 19.1 Å². The number of rotatable bonds is 3. The standard InChI is InChI=1S/C18H24BrN3O2S.C18H22BrN3O2/c1-17(2,3)24-16(23)22-13-4-5-14(22)8-18(7-13,15(20)25)11-6-12(19)10-21-9-11;1-17(2,3)24-16(23)22-14-4-5-15(22)8-18(7-14,11-20)12-6-13(19)10-21-9-12/h6,9-10,13-14H,4-5,7-8H2,1-3H3,(H2,20,25);6,9-10,14-15H,4-5,7-8H2,1-3H3/t13-,14+,18?;14-,15+,18?. The molecule has 4 aliphatic rings. The number of fused-ring (bicyclic) bond motifs is 4. The van der Waals surface area contributed by atoms with Gasteiger partial charge < -0.3 is 25.0 Å². The highest BCUT2D eigenvalue weighted by atomic mass is 79.9. The lowest BCUT2D eigenvalue weighted by Gasteiger charge is -2.46. The number of thiocarbonyl (C=S) groups is 1. The van der Waals surface area contributed by atoms with Crippen LogP contribution >= 0.6 is 44.1 Å². The van der Waals surface area contributed by atoms with Crippen LogP contribution in [0.25, 0.3) is 0 Å². The molecule has 4 aliphatic heterocycles. The van der Waals surface area contributed by atoms with Crippen molar-refractivity contribution in [2.75, 3.05) is 0 Å². The SMILES string of the molecule is CC(C)(C)OC(=O)N1[C@@H]2CC[C@H]1CC(C#N)(c1cncc(Br)c1)C2.CC(C)(C)OC(=O)N1[C@@H]2CC[C@H]1CC(C(N)=S)(c1cncc(Br)c1)C2. The third-order valence-electron chi connectivity index (χ3n) is 9.99. The van der Waals surface area contributed by atoms with E-state index in [0.717, 1.165) is 58.6 Å². The number of halogens is 2. The van der Waals surface area contributed by atoms with Gasteiger partial charge in [-0.3, -0.25) is 9.97 Å². The molecule has 0 aromatic carbocycles. The zero-order chi connectivity index (χ0) is 35.9. The maximum Gasteiger partial charge on any atom is 0.410 e. The molecule has 4 fully saturated rings. The summed E-state index contributed by atoms with van der Waals surface area (Å²) in [4.78, 5) is 38.0. The number of piperidine rings is 2. The van der Waals surface area contributed by atoms with Crippen molar-refractivity contribution in [2.24, 2.45) is 5.73 Å². The molecule has 0 radical (unpaired) electrons. The molecule has 49 heavy (non-hydrogen) atoms. The second-order valence-corrected chi connectivity index (χ2v) is 18.1. The second kappa shape index (κ2) is 14.1. The van der Waals surface area contributed by atoms with Crippen LogP contribution in [-0.4, -0.2) is 72.3 Å². The van der Waals surface area contributed by atoms with E-state index in [1.54, 1.807) is 18.6 Å². The molecule has 0 aliphatic carbocycles. The summed E-state index contributed by atoms with van der Waals surface area (Å²) in [5, 5.41) is 9.93. The van der Waals surface area contributed by atoms with E-state index in [-0.39, 0.29) is 36.4 Å². The largest absolute Gasteiger partial charge is 0.444 e. The first kappa shape index (κ1) is 37.4. The summed E-state index contributed by atoms with van der Waals surface area (Å²) in [5.74, 6) is 0. The fourth-order valence-electron chi connectivity index (χ4n) is 8.04. The third kappa shape index (κ3) is 8.07. The van der Waals surface area contributed by atoms with Crippen molar-refractivity contribution in [1.82, 2.24) is 19.8 Å². The first-order chi connectivity index (χ1) is 22.9. The number of carbonyl (C=O) groups excluding carboxylic acids is 2. The highest BCUT2D eigenvalue weighted by Gasteiger charge is 2.54. The number of hydrogen-bond donors (Lipinski definition) is 1. The molecule has 6 heterocycles. The zero-order valence-corrected chi connectivity index (χ0v) is 33.0. The van der Waals surface area contributed by atoms with Crippen LogP contribution < -0.4 is 5.73 Å². The lowest BCUT2D eigenvalue weighted by molar-refractivity contribution is 0.00150. The average molecular weight is 819 g/mol. The van der Waals surface area contributed by atoms with E-state index < -0.39 is 22.0 Å². The Labute approximate surface area is 311 Å². The number of ether oxygens (including phenoxy) is 2. The molecular formula is C36H46Br2N6O4S. The molecule has 6 rings (SSSR count). The molecule has 2 aromatic heterocycles. The summed E-state index contributed by atoms with van der Waals surface area (Å²) >= 11 is 12.4. The van der Waals surface area contributed by atoms with E-state index >= 15 is 0 Å². The predicted molar refractivity (Wildman–Crippen MR) is 198 cm³/mol. The fraction of sp³-hybridized carbons (Fsp3) is 0.611. The van der Waals surface area contributed by atoms with Crippen molar-refractivity contribution in [1.29, 1.82) is 5.26 Å². The molecule has 2 N–H and O–H groups in total. The molecule has 2 amide bonds. The number of hydrogen-bond acceptors (Lipinski definition) is 8. The molecule has 13 heteroatoms. The van der Waals surface area contributed by atoms with Crippen LogP contribution in [0, 0.1) is 11.3 Å². The van der Waals surface area contributed by atoms with Gasteiger partial charge in [-0.25, -0.2) is 9.59 Å². The molecule has 264 valence electrons. The van der Waals surface area contributed by atoms with Crippen LogP contribution in [-0.2, 0) is 20.3 Å². The van der Waals surface area contributed by atoms with Gasteiger partial charge in [0.15, 0.2) is 0 Å². The second-order valence-electron chi connectivity index (χ2n) is 15.8. The van der Waals surface area contributed by atoms with Crippen LogP contribution in [0.2, 0.25) is 0 Å². The van der Waals surface area contributed by atoms with Crippen LogP contribution in [0.4, 0.5) is 9.59 Å². The Morgan fingerprint density at radius 2 is 1.18 bits per heavy atom. The summed E-state index contributed by atoms with van der Waals surface area (Å²) in [7, 11) is 0. The predicted octanol–water partition coefficient (Wildman–Crippen LogP) is 8.10. The minimum Gasteiger partial charge on any atom is -0.444 e. The van der Waals surface area contributed by atoms with Crippen molar-refractivity contribution in [3.8, 4) is 6.07 Å². The van der Waals surface area contributed by atoms with Crippen molar-refractivity contribution in [2.45, 2.75) is 139 Å². The molecule has 2 aromatic rings. The highest BCUT2D eigenvalue weighted by Crippen LogP contribution is 2.49. The maximum atomic E-state index is 12.7. The Morgan fingerprint density at radius 3 is 1.55 bits per heavy atom. The van der Waals surface area contributed by atoms with Crippen LogP contribution in [0.15, 0.2) is 45.9 Å². The van der Waals surface area contributed by atoms with Gasteiger partial charge in [-0.1, -0.05) is 12.2 Å². The van der Waals surface area contributed by atoms with Gasteiger partial charge in [0.05, 0.1) is 21.9 Å². The number of aromatic nitrogens is 2. The van der Waals surface area contributed by atoms with Gasteiger partial charge >= 0.3 is 12.2 Å². The first-order valence-electron chi connectivity index (χ1n) is 16.8. The van der Waals surface area contributed by atoms with Gasteiger partial charge in [0.2, 0.25) is 0 Å². The molecule has 4 bridgehead atoms. The maximum absolute atomic E-state index is 12.7. The molecular weight excluding hydrogens is 772 g/mol. The number of nitrogens with zero attached hydrogens (tertiary/aromatic N) is 5. The van der Waals surface area contributed by atoms with E-state index in [1.165, 1.54) is 0 Å². The lowest BCUT2D eigenvalue weighted by Crippen LogP contribution is -2.56. The van der Waals surface area contributed by atoms with E-state index in [1.807, 2.05) is 69.7 Å². The van der Waals surface area contributed by atoms with Crippen LogP contribution in [0.5, 0.6) is 0 Å². The summed E-state index contributed by atoms with van der Waals surface area (Å²) in [6.07, 6.45) is 13.1. The van der Waals surface area contributed by atoms with Gasteiger partial charge in [0, 0.05) is 57.9 Å². The molecule has 6 atom stereocenters. The Balaban J connectivity index is 0.000000191. The number of amides is 2. The number of carbonyl (C=O) groups is 2. The fourth-order valence-corrected chi connectivity index (χ4v) is 9.06. The summed E-state index contributed by atoms with van der Waals surface area (Å²) in [5.41, 5.74) is 6.16. The Kier molecular flexibility index (Phi) is 10.7. The van der Waals surface area contributed by atoms with Crippen molar-refractivity contribution >= 4 is 61.3 Å². The zero-order valence-electron chi connectivity index (χ0n) is 29.0. The Morgan fingerprint density at radius 1 is 0.796 bits per heavy atom. The molecule has 0 saturated carbocycles. The van der Waals surface area contributed by atoms with Crippen molar-refractivity contribution in [3.63, 3.8) is 0 Å². The normalized spacial score (nSPS) is 29.0. The van der Waals surface area contributed by atoms with Gasteiger partial charge in [-0.15, -0.1) is 0 Å². The topological polar surface area (TPSA) is 135 Å². The Hall–Kier alpha value is -2.82. The highest BCUT2D eigenvalue weighted by molar-refractivity contribution is 9.10. The summed E-state index contributed by atoms with van der Waals surface area (Å²) in [6, 6.07) is 6.83. The number of nitrogens with two attached hydrogens (primary N) is 1. The summed E-state index contributed by atoms with van der Waals surface area (Å²) < 4.78 is 13.0. The van der Waals surface area contributed by atoms with Gasteiger partial charge in [0.1, 0.15) is 11.2 Å². The molecule has 10 nitrogen and oxygen atoms in total. The van der Waals surface area contributed by atoms with Gasteiger partial charge in [-0.2, -0.15) is 5.26 Å². The average Bonchev–Trinajstić information content (AvgIpc) is 3.44.